The zero-order valence-electron chi connectivity index (χ0n) is 17.4. The summed E-state index contributed by atoms with van der Waals surface area (Å²) >= 11 is 0. The highest BCUT2D eigenvalue weighted by Gasteiger charge is 2.30. The van der Waals surface area contributed by atoms with E-state index in [1.54, 1.807) is 12.3 Å². The maximum absolute atomic E-state index is 12.8. The molecule has 0 aliphatic heterocycles. The fourth-order valence-corrected chi connectivity index (χ4v) is 3.34. The number of ether oxygens (including phenoxy) is 1. The van der Waals surface area contributed by atoms with Gasteiger partial charge in [0.1, 0.15) is 11.9 Å². The molecule has 0 radical (unpaired) electrons. The topological polar surface area (TPSA) is 64.4 Å². The van der Waals surface area contributed by atoms with Crippen molar-refractivity contribution in [1.82, 2.24) is 9.78 Å². The third-order valence-corrected chi connectivity index (χ3v) is 5.07. The Hall–Kier alpha value is -3.29. The monoisotopic (exact) mass is 432 g/mol. The smallest absolute Gasteiger partial charge is 0.416 e. The molecule has 0 fully saturated rings. The zero-order valence-corrected chi connectivity index (χ0v) is 17.4. The second kappa shape index (κ2) is 8.83. The van der Waals surface area contributed by atoms with Crippen LogP contribution in [0.4, 0.5) is 13.2 Å². The van der Waals surface area contributed by atoms with Crippen LogP contribution in [0.25, 0.3) is 5.69 Å². The molecule has 3 rings (SSSR count). The number of hydrogen-bond acceptors (Lipinski definition) is 3. The van der Waals surface area contributed by atoms with Crippen LogP contribution in [0, 0.1) is 13.8 Å². The van der Waals surface area contributed by atoms with E-state index in [-0.39, 0.29) is 12.5 Å². The lowest BCUT2D eigenvalue weighted by atomic mass is 10.0. The minimum absolute atomic E-state index is 0.0692. The molecule has 0 bridgehead atoms. The molecule has 2 aromatic carbocycles. The van der Waals surface area contributed by atoms with Crippen molar-refractivity contribution in [3.63, 3.8) is 0 Å². The van der Waals surface area contributed by atoms with E-state index in [9.17, 15) is 18.0 Å². The number of hydrogen-bond donors (Lipinski definition) is 1. The Bertz CT molecular complexity index is 1070. The predicted molar refractivity (Wildman–Crippen MR) is 109 cm³/mol. The van der Waals surface area contributed by atoms with Gasteiger partial charge in [0.2, 0.25) is 0 Å². The van der Waals surface area contributed by atoms with E-state index in [1.165, 1.54) is 16.8 Å². The molecule has 31 heavy (non-hydrogen) atoms. The van der Waals surface area contributed by atoms with E-state index in [0.717, 1.165) is 28.8 Å². The number of nitrogens with zero attached hydrogens (tertiary/aromatic N) is 2. The second-order valence-corrected chi connectivity index (χ2v) is 7.40. The van der Waals surface area contributed by atoms with Gasteiger partial charge in [0.15, 0.2) is 0 Å². The lowest BCUT2D eigenvalue weighted by Crippen LogP contribution is -2.05. The van der Waals surface area contributed by atoms with Gasteiger partial charge in [0, 0.05) is 18.2 Å². The Morgan fingerprint density at radius 1 is 1.16 bits per heavy atom. The molecular weight excluding hydrogens is 409 g/mol. The normalized spacial score (nSPS) is 12.6. The molecule has 0 saturated carbocycles. The van der Waals surface area contributed by atoms with Gasteiger partial charge in [-0.25, -0.2) is 4.68 Å². The predicted octanol–water partition coefficient (Wildman–Crippen LogP) is 5.67. The average molecular weight is 432 g/mol. The standard InChI is InChI=1S/C23H23F3N2O3/c1-14-12-20(10-4-17(14)5-11-22(29)30)31-16(3)21-13-28(27-15(21)2)19-8-6-18(7-9-19)23(24,25)26/h4,6-10,12-13,16H,5,11H2,1-3H3,(H,29,30). The summed E-state index contributed by atoms with van der Waals surface area (Å²) in [7, 11) is 0. The first-order valence-corrected chi connectivity index (χ1v) is 9.76. The fraction of sp³-hybridized carbons (Fsp3) is 0.304. The average Bonchev–Trinajstić information content (AvgIpc) is 3.08. The lowest BCUT2D eigenvalue weighted by Gasteiger charge is -2.15. The maximum Gasteiger partial charge on any atom is 0.416 e. The van der Waals surface area contributed by atoms with Crippen molar-refractivity contribution >= 4 is 5.97 Å². The van der Waals surface area contributed by atoms with Crippen molar-refractivity contribution < 1.29 is 27.8 Å². The van der Waals surface area contributed by atoms with E-state index in [0.29, 0.717) is 23.6 Å². The minimum Gasteiger partial charge on any atom is -0.486 e. The summed E-state index contributed by atoms with van der Waals surface area (Å²) in [6.45, 7) is 5.59. The molecule has 1 N–H and O–H groups in total. The van der Waals surface area contributed by atoms with Crippen molar-refractivity contribution in [3.05, 3.63) is 76.6 Å². The Morgan fingerprint density at radius 2 is 1.84 bits per heavy atom. The van der Waals surface area contributed by atoms with E-state index in [4.69, 9.17) is 9.84 Å². The third-order valence-electron chi connectivity index (χ3n) is 5.07. The number of halogens is 3. The number of carboxylic acids is 1. The quantitative estimate of drug-likeness (QED) is 0.523. The molecule has 5 nitrogen and oxygen atoms in total. The van der Waals surface area contributed by atoms with Gasteiger partial charge >= 0.3 is 12.1 Å². The molecule has 1 heterocycles. The van der Waals surface area contributed by atoms with Gasteiger partial charge in [-0.1, -0.05) is 6.07 Å². The molecule has 0 amide bonds. The van der Waals surface area contributed by atoms with Crippen LogP contribution in [0.5, 0.6) is 5.75 Å². The van der Waals surface area contributed by atoms with Crippen LogP contribution in [0.2, 0.25) is 0 Å². The van der Waals surface area contributed by atoms with Crippen LogP contribution in [-0.4, -0.2) is 20.9 Å². The molecular formula is C23H23F3N2O3. The summed E-state index contributed by atoms with van der Waals surface area (Å²) in [4.78, 5) is 10.8. The van der Waals surface area contributed by atoms with E-state index >= 15 is 0 Å². The summed E-state index contributed by atoms with van der Waals surface area (Å²) in [6, 6.07) is 10.3. The van der Waals surface area contributed by atoms with Gasteiger partial charge in [0.25, 0.3) is 0 Å². The molecule has 164 valence electrons. The summed E-state index contributed by atoms with van der Waals surface area (Å²) in [6.07, 6.45) is -2.45. The first-order chi connectivity index (χ1) is 14.5. The summed E-state index contributed by atoms with van der Waals surface area (Å²) in [5.74, 6) is -0.195. The Morgan fingerprint density at radius 3 is 2.42 bits per heavy atom. The van der Waals surface area contributed by atoms with Crippen LogP contribution in [0.3, 0.4) is 0 Å². The van der Waals surface area contributed by atoms with E-state index in [1.807, 2.05) is 32.9 Å². The van der Waals surface area contributed by atoms with Crippen LogP contribution in [-0.2, 0) is 17.4 Å². The highest BCUT2D eigenvalue weighted by molar-refractivity contribution is 5.67. The SMILES string of the molecule is Cc1cc(OC(C)c2cn(-c3ccc(C(F)(F)F)cc3)nc2C)ccc1CCC(=O)O. The number of aromatic nitrogens is 2. The Balaban J connectivity index is 1.74. The number of alkyl halides is 3. The van der Waals surface area contributed by atoms with Gasteiger partial charge in [-0.2, -0.15) is 18.3 Å². The molecule has 8 heteroatoms. The van der Waals surface area contributed by atoms with Gasteiger partial charge in [-0.05, 0) is 74.7 Å². The van der Waals surface area contributed by atoms with E-state index in [2.05, 4.69) is 5.10 Å². The highest BCUT2D eigenvalue weighted by atomic mass is 19.4. The molecule has 0 aliphatic carbocycles. The number of aryl methyl sites for hydroxylation is 3. The van der Waals surface area contributed by atoms with Gasteiger partial charge < -0.3 is 9.84 Å². The molecule has 0 spiro atoms. The maximum atomic E-state index is 12.8. The van der Waals surface area contributed by atoms with Crippen LogP contribution in [0.1, 0.15) is 47.4 Å². The Labute approximate surface area is 178 Å². The van der Waals surface area contributed by atoms with Gasteiger partial charge in [-0.15, -0.1) is 0 Å². The summed E-state index contributed by atoms with van der Waals surface area (Å²) in [5, 5.41) is 13.2. The van der Waals surface area contributed by atoms with Crippen molar-refractivity contribution in [2.75, 3.05) is 0 Å². The summed E-state index contributed by atoms with van der Waals surface area (Å²) < 4.78 is 45.9. The first-order valence-electron chi connectivity index (χ1n) is 9.76. The van der Waals surface area contributed by atoms with Crippen LogP contribution in [0.15, 0.2) is 48.7 Å². The fourth-order valence-electron chi connectivity index (χ4n) is 3.34. The second-order valence-electron chi connectivity index (χ2n) is 7.40. The molecule has 0 saturated heterocycles. The largest absolute Gasteiger partial charge is 0.486 e. The van der Waals surface area contributed by atoms with Crippen LogP contribution < -0.4 is 4.74 Å². The number of carboxylic acid groups (broad SMARTS) is 1. The lowest BCUT2D eigenvalue weighted by molar-refractivity contribution is -0.138. The first kappa shape index (κ1) is 22.4. The summed E-state index contributed by atoms with van der Waals surface area (Å²) in [5.41, 5.74) is 3.24. The van der Waals surface area contributed by atoms with Gasteiger partial charge in [0.05, 0.1) is 16.9 Å². The van der Waals surface area contributed by atoms with Crippen molar-refractivity contribution in [1.29, 1.82) is 0 Å². The van der Waals surface area contributed by atoms with Crippen molar-refractivity contribution in [2.24, 2.45) is 0 Å². The number of rotatable bonds is 7. The van der Waals surface area contributed by atoms with Crippen molar-refractivity contribution in [2.45, 2.75) is 45.9 Å². The molecule has 0 aliphatic rings. The molecule has 1 unspecified atom stereocenters. The Kier molecular flexibility index (Phi) is 6.38. The highest BCUT2D eigenvalue weighted by Crippen LogP contribution is 2.30. The number of carbonyl (C=O) groups is 1. The van der Waals surface area contributed by atoms with Crippen LogP contribution >= 0.6 is 0 Å². The number of aliphatic carboxylic acids is 1. The van der Waals surface area contributed by atoms with Crippen molar-refractivity contribution in [3.8, 4) is 11.4 Å². The van der Waals surface area contributed by atoms with Gasteiger partial charge in [-0.3, -0.25) is 4.79 Å². The molecule has 1 aromatic heterocycles. The third kappa shape index (κ3) is 5.45. The minimum atomic E-state index is -4.38. The zero-order chi connectivity index (χ0) is 22.8. The number of benzene rings is 2. The van der Waals surface area contributed by atoms with E-state index < -0.39 is 17.7 Å². The molecule has 3 aromatic rings. The molecule has 1 atom stereocenters.